The summed E-state index contributed by atoms with van der Waals surface area (Å²) in [6, 6.07) is 9.12. The molecule has 2 amide bonds. The summed E-state index contributed by atoms with van der Waals surface area (Å²) >= 11 is 0. The van der Waals surface area contributed by atoms with Gasteiger partial charge in [-0.15, -0.1) is 0 Å². The quantitative estimate of drug-likeness (QED) is 0.752. The predicted molar refractivity (Wildman–Crippen MR) is 113 cm³/mol. The smallest absolute Gasteiger partial charge is 0.414 e. The van der Waals surface area contributed by atoms with Gasteiger partial charge in [0.15, 0.2) is 0 Å². The molecule has 0 saturated carbocycles. The van der Waals surface area contributed by atoms with Gasteiger partial charge >= 0.3 is 6.09 Å². The Bertz CT molecular complexity index is 960. The highest BCUT2D eigenvalue weighted by Gasteiger charge is 2.36. The van der Waals surface area contributed by atoms with Crippen LogP contribution in [0.1, 0.15) is 36.7 Å². The van der Waals surface area contributed by atoms with Crippen LogP contribution >= 0.6 is 0 Å². The molecule has 1 saturated heterocycles. The van der Waals surface area contributed by atoms with Gasteiger partial charge in [0.1, 0.15) is 12.4 Å². The van der Waals surface area contributed by atoms with E-state index < -0.39 is 23.9 Å². The normalized spacial score (nSPS) is 17.2. The Kier molecular flexibility index (Phi) is 6.41. The van der Waals surface area contributed by atoms with Gasteiger partial charge in [0.2, 0.25) is 0 Å². The van der Waals surface area contributed by atoms with Crippen molar-refractivity contribution >= 4 is 17.7 Å². The molecule has 2 N–H and O–H groups in total. The van der Waals surface area contributed by atoms with E-state index >= 15 is 0 Å². The van der Waals surface area contributed by atoms with Crippen LogP contribution in [-0.4, -0.2) is 42.4 Å². The molecule has 1 fully saturated rings. The van der Waals surface area contributed by atoms with E-state index in [1.807, 2.05) is 13.8 Å². The number of nitrogens with one attached hydrogen (secondary N) is 1. The van der Waals surface area contributed by atoms with Crippen LogP contribution in [-0.2, 0) is 4.74 Å². The molecule has 2 atom stereocenters. The highest BCUT2D eigenvalue weighted by molar-refractivity contribution is 5.99. The van der Waals surface area contributed by atoms with E-state index in [0.717, 1.165) is 5.56 Å². The third-order valence-electron chi connectivity index (χ3n) is 5.22. The maximum Gasteiger partial charge on any atom is 0.414 e. The topological polar surface area (TPSA) is 78.9 Å². The van der Waals surface area contributed by atoms with Gasteiger partial charge < -0.3 is 15.2 Å². The summed E-state index contributed by atoms with van der Waals surface area (Å²) in [5.41, 5.74) is 2.33. The minimum Gasteiger partial charge on any atom is -0.447 e. The molecule has 3 rings (SSSR count). The fraction of sp³-hybridized carbons (Fsp3) is 0.391. The van der Waals surface area contributed by atoms with Gasteiger partial charge in [0, 0.05) is 22.9 Å². The maximum absolute atomic E-state index is 14.7. The Morgan fingerprint density at radius 1 is 1.27 bits per heavy atom. The molecule has 0 bridgehead atoms. The second kappa shape index (κ2) is 8.83. The molecular formula is C23H27FN2O4. The monoisotopic (exact) mass is 414 g/mol. The lowest BCUT2D eigenvalue weighted by molar-refractivity contribution is 0.0922. The highest BCUT2D eigenvalue weighted by atomic mass is 19.1. The van der Waals surface area contributed by atoms with E-state index in [1.54, 1.807) is 44.2 Å². The van der Waals surface area contributed by atoms with E-state index in [-0.39, 0.29) is 30.7 Å². The Morgan fingerprint density at radius 3 is 2.63 bits per heavy atom. The van der Waals surface area contributed by atoms with Crippen molar-refractivity contribution in [2.24, 2.45) is 5.92 Å². The maximum atomic E-state index is 14.7. The van der Waals surface area contributed by atoms with Gasteiger partial charge in [-0.25, -0.2) is 9.18 Å². The molecule has 0 unspecified atom stereocenters. The Labute approximate surface area is 175 Å². The first-order valence-corrected chi connectivity index (χ1v) is 10.0. The van der Waals surface area contributed by atoms with E-state index in [0.29, 0.717) is 16.8 Å². The number of amides is 2. The van der Waals surface area contributed by atoms with Gasteiger partial charge in [-0.05, 0) is 55.2 Å². The van der Waals surface area contributed by atoms with E-state index in [2.05, 4.69) is 5.32 Å². The fourth-order valence-electron chi connectivity index (χ4n) is 3.47. The van der Waals surface area contributed by atoms with Gasteiger partial charge in [-0.3, -0.25) is 9.69 Å². The third kappa shape index (κ3) is 4.46. The average molecular weight is 414 g/mol. The number of aryl methyl sites for hydroxylation is 1. The summed E-state index contributed by atoms with van der Waals surface area (Å²) in [5, 5.41) is 11.9. The zero-order valence-corrected chi connectivity index (χ0v) is 17.6. The van der Waals surface area contributed by atoms with Crippen molar-refractivity contribution in [3.63, 3.8) is 0 Å². The summed E-state index contributed by atoms with van der Waals surface area (Å²) in [6.45, 7) is 7.49. The van der Waals surface area contributed by atoms with Crippen molar-refractivity contribution in [3.8, 4) is 11.1 Å². The van der Waals surface area contributed by atoms with Gasteiger partial charge in [0.25, 0.3) is 5.91 Å². The number of hydrogen-bond donors (Lipinski definition) is 2. The number of carbonyl (C=O) groups is 2. The van der Waals surface area contributed by atoms with Gasteiger partial charge in [-0.2, -0.15) is 0 Å². The number of halogens is 1. The Hall–Kier alpha value is -2.93. The van der Waals surface area contributed by atoms with E-state index in [1.165, 1.54) is 11.0 Å². The molecule has 1 aliphatic heterocycles. The van der Waals surface area contributed by atoms with Crippen molar-refractivity contribution in [3.05, 3.63) is 53.3 Å². The van der Waals surface area contributed by atoms with Crippen LogP contribution in [0.3, 0.4) is 0 Å². The SMILES string of the molecule is Cc1ccc(-c2cc(C(=O)N[C@@H](C)CO)cc(N3C(=O)OC[C@H]3C(C)C)c2)c(F)c1. The second-order valence-electron chi connectivity index (χ2n) is 8.07. The molecule has 1 aliphatic rings. The van der Waals surface area contributed by atoms with Crippen molar-refractivity contribution in [2.75, 3.05) is 18.1 Å². The Morgan fingerprint density at radius 2 is 2.00 bits per heavy atom. The largest absolute Gasteiger partial charge is 0.447 e. The molecule has 0 aromatic heterocycles. The molecular weight excluding hydrogens is 387 g/mol. The summed E-state index contributed by atoms with van der Waals surface area (Å²) in [4.78, 5) is 26.7. The van der Waals surface area contributed by atoms with Crippen molar-refractivity contribution in [1.82, 2.24) is 5.32 Å². The zero-order valence-electron chi connectivity index (χ0n) is 17.6. The van der Waals surface area contributed by atoms with Crippen LogP contribution < -0.4 is 10.2 Å². The predicted octanol–water partition coefficient (Wildman–Crippen LogP) is 3.89. The molecule has 7 heteroatoms. The standard InChI is InChI=1S/C23H27FN2O4/c1-13(2)21-12-30-23(29)26(21)18-9-16(19-6-5-14(3)7-20(19)24)8-17(10-18)22(28)25-15(4)11-27/h5-10,13,15,21,27H,11-12H2,1-4H3,(H,25,28)/t15-,21-/m0/s1. The Balaban J connectivity index is 2.13. The summed E-state index contributed by atoms with van der Waals surface area (Å²) in [7, 11) is 0. The highest BCUT2D eigenvalue weighted by Crippen LogP contribution is 2.33. The van der Waals surface area contributed by atoms with Crippen LogP contribution in [0.5, 0.6) is 0 Å². The van der Waals surface area contributed by atoms with Crippen LogP contribution in [0.25, 0.3) is 11.1 Å². The van der Waals surface area contributed by atoms with Crippen molar-refractivity contribution in [2.45, 2.75) is 39.8 Å². The number of anilines is 1. The van der Waals surface area contributed by atoms with Crippen molar-refractivity contribution < 1.29 is 23.8 Å². The van der Waals surface area contributed by atoms with Crippen LogP contribution in [0.4, 0.5) is 14.9 Å². The molecule has 6 nitrogen and oxygen atoms in total. The van der Waals surface area contributed by atoms with Crippen LogP contribution in [0.2, 0.25) is 0 Å². The number of hydrogen-bond acceptors (Lipinski definition) is 4. The third-order valence-corrected chi connectivity index (χ3v) is 5.22. The lowest BCUT2D eigenvalue weighted by atomic mass is 9.98. The number of benzene rings is 2. The summed E-state index contributed by atoms with van der Waals surface area (Å²) in [5.74, 6) is -0.699. The molecule has 0 spiro atoms. The molecule has 2 aromatic rings. The fourth-order valence-corrected chi connectivity index (χ4v) is 3.47. The molecule has 160 valence electrons. The van der Waals surface area contributed by atoms with Gasteiger partial charge in [-0.1, -0.05) is 26.0 Å². The summed E-state index contributed by atoms with van der Waals surface area (Å²) in [6.07, 6.45) is -0.495. The van der Waals surface area contributed by atoms with E-state index in [4.69, 9.17) is 4.74 Å². The number of rotatable bonds is 6. The first-order valence-electron chi connectivity index (χ1n) is 10.0. The lowest BCUT2D eigenvalue weighted by Gasteiger charge is -2.25. The molecule has 0 aliphatic carbocycles. The number of nitrogens with zero attached hydrogens (tertiary/aromatic N) is 1. The second-order valence-corrected chi connectivity index (χ2v) is 8.07. The number of cyclic esters (lactones) is 1. The summed E-state index contributed by atoms with van der Waals surface area (Å²) < 4.78 is 19.9. The number of aliphatic hydroxyl groups excluding tert-OH is 1. The first kappa shape index (κ1) is 21.8. The molecule has 30 heavy (non-hydrogen) atoms. The molecule has 1 heterocycles. The lowest BCUT2D eigenvalue weighted by Crippen LogP contribution is -2.38. The molecule has 2 aromatic carbocycles. The van der Waals surface area contributed by atoms with Crippen LogP contribution in [0.15, 0.2) is 36.4 Å². The number of ether oxygens (including phenoxy) is 1. The molecule has 0 radical (unpaired) electrons. The minimum atomic E-state index is -0.495. The number of aliphatic hydroxyl groups is 1. The minimum absolute atomic E-state index is 0.128. The number of carbonyl (C=O) groups excluding carboxylic acids is 2. The van der Waals surface area contributed by atoms with Gasteiger partial charge in [0.05, 0.1) is 12.6 Å². The first-order chi connectivity index (χ1) is 14.2. The van der Waals surface area contributed by atoms with Crippen molar-refractivity contribution in [1.29, 1.82) is 0 Å². The van der Waals surface area contributed by atoms with Crippen LogP contribution in [0, 0.1) is 18.7 Å². The van der Waals surface area contributed by atoms with E-state index in [9.17, 15) is 19.1 Å². The zero-order chi connectivity index (χ0) is 22.0. The average Bonchev–Trinajstić information content (AvgIpc) is 3.09.